The summed E-state index contributed by atoms with van der Waals surface area (Å²) in [4.78, 5) is 1.31. The molecule has 1 atom stereocenters. The molecule has 1 N–H and O–H groups in total. The maximum Gasteiger partial charge on any atom is 0.160 e. The van der Waals surface area contributed by atoms with E-state index in [1.807, 2.05) is 19.2 Å². The first-order valence-corrected chi connectivity index (χ1v) is 7.98. The van der Waals surface area contributed by atoms with Crippen LogP contribution in [0.1, 0.15) is 16.5 Å². The molecule has 0 saturated carbocycles. The van der Waals surface area contributed by atoms with Crippen LogP contribution in [-0.2, 0) is 6.42 Å². The highest BCUT2D eigenvalue weighted by Crippen LogP contribution is 2.33. The molecule has 1 unspecified atom stereocenters. The van der Waals surface area contributed by atoms with E-state index in [4.69, 9.17) is 9.47 Å². The van der Waals surface area contributed by atoms with Crippen LogP contribution in [0.3, 0.4) is 0 Å². The first-order chi connectivity index (χ1) is 9.69. The molecular formula is C15H18BrNO2S. The maximum absolute atomic E-state index is 5.35. The summed E-state index contributed by atoms with van der Waals surface area (Å²) in [5, 5.41) is 5.46. The Morgan fingerprint density at radius 2 is 1.95 bits per heavy atom. The second-order valence-corrected chi connectivity index (χ2v) is 6.17. The van der Waals surface area contributed by atoms with Gasteiger partial charge in [0, 0.05) is 15.4 Å². The summed E-state index contributed by atoms with van der Waals surface area (Å²) >= 11 is 5.35. The Morgan fingerprint density at radius 1 is 1.20 bits per heavy atom. The van der Waals surface area contributed by atoms with E-state index in [1.54, 1.807) is 25.6 Å². The zero-order valence-corrected chi connectivity index (χ0v) is 14.2. The predicted octanol–water partition coefficient (Wildman–Crippen LogP) is 4.03. The van der Waals surface area contributed by atoms with Crippen LogP contribution >= 0.6 is 27.3 Å². The number of rotatable bonds is 6. The van der Waals surface area contributed by atoms with Gasteiger partial charge in [0.2, 0.25) is 0 Å². The maximum atomic E-state index is 5.35. The highest BCUT2D eigenvalue weighted by molar-refractivity contribution is 9.10. The van der Waals surface area contributed by atoms with E-state index in [1.165, 1.54) is 10.4 Å². The van der Waals surface area contributed by atoms with Crippen molar-refractivity contribution in [1.29, 1.82) is 0 Å². The second kappa shape index (κ2) is 7.11. The third kappa shape index (κ3) is 3.34. The molecule has 0 fully saturated rings. The number of likely N-dealkylation sites (N-methyl/N-ethyl adjacent to an activating group) is 1. The molecule has 2 rings (SSSR count). The second-order valence-electron chi connectivity index (χ2n) is 4.37. The van der Waals surface area contributed by atoms with Crippen molar-refractivity contribution >= 4 is 27.3 Å². The lowest BCUT2D eigenvalue weighted by Crippen LogP contribution is -2.18. The van der Waals surface area contributed by atoms with Crippen molar-refractivity contribution in [1.82, 2.24) is 5.32 Å². The molecule has 5 heteroatoms. The Morgan fingerprint density at radius 3 is 2.50 bits per heavy atom. The Labute approximate surface area is 132 Å². The molecule has 108 valence electrons. The molecule has 0 bridgehead atoms. The lowest BCUT2D eigenvalue weighted by Gasteiger charge is -2.17. The monoisotopic (exact) mass is 355 g/mol. The van der Waals surface area contributed by atoms with Crippen LogP contribution in [0.15, 0.2) is 34.1 Å². The Bertz CT molecular complexity index is 571. The number of thiophene rings is 1. The standard InChI is InChI=1S/C15H18BrNO2S/c1-17-12(15-11(16)6-7-20-15)8-10-4-5-13(18-2)14(9-10)19-3/h4-7,9,12,17H,8H2,1-3H3. The first-order valence-electron chi connectivity index (χ1n) is 6.30. The van der Waals surface area contributed by atoms with Gasteiger partial charge in [0.1, 0.15) is 0 Å². The quantitative estimate of drug-likeness (QED) is 0.848. The highest BCUT2D eigenvalue weighted by Gasteiger charge is 2.15. The first kappa shape index (κ1) is 15.4. The topological polar surface area (TPSA) is 30.5 Å². The third-order valence-corrected chi connectivity index (χ3v) is 5.18. The summed E-state index contributed by atoms with van der Waals surface area (Å²) in [7, 11) is 5.29. The number of hydrogen-bond donors (Lipinski definition) is 1. The number of halogens is 1. The van der Waals surface area contributed by atoms with Crippen molar-refractivity contribution in [2.24, 2.45) is 0 Å². The summed E-state index contributed by atoms with van der Waals surface area (Å²) in [5.41, 5.74) is 1.21. The molecule has 0 spiro atoms. The number of ether oxygens (including phenoxy) is 2. The fraction of sp³-hybridized carbons (Fsp3) is 0.333. The van der Waals surface area contributed by atoms with Crippen molar-refractivity contribution in [3.05, 3.63) is 44.6 Å². The Balaban J connectivity index is 2.22. The van der Waals surface area contributed by atoms with Gasteiger partial charge in [-0.05, 0) is 58.5 Å². The molecule has 0 amide bonds. The van der Waals surface area contributed by atoms with Crippen molar-refractivity contribution in [2.75, 3.05) is 21.3 Å². The lowest BCUT2D eigenvalue weighted by molar-refractivity contribution is 0.354. The van der Waals surface area contributed by atoms with Crippen molar-refractivity contribution in [3.8, 4) is 11.5 Å². The van der Waals surface area contributed by atoms with Gasteiger partial charge in [0.05, 0.1) is 14.2 Å². The van der Waals surface area contributed by atoms with E-state index < -0.39 is 0 Å². The van der Waals surface area contributed by atoms with E-state index in [0.717, 1.165) is 22.4 Å². The van der Waals surface area contributed by atoms with Crippen LogP contribution in [0, 0.1) is 0 Å². The Hall–Kier alpha value is -1.04. The summed E-state index contributed by atoms with van der Waals surface area (Å²) in [5.74, 6) is 1.53. The average molecular weight is 356 g/mol. The van der Waals surface area contributed by atoms with Crippen molar-refractivity contribution in [2.45, 2.75) is 12.5 Å². The molecule has 20 heavy (non-hydrogen) atoms. The molecule has 0 aliphatic rings. The molecule has 1 aromatic carbocycles. The van der Waals surface area contributed by atoms with Crippen LogP contribution in [0.5, 0.6) is 11.5 Å². The molecule has 0 radical (unpaired) electrons. The minimum absolute atomic E-state index is 0.280. The number of benzene rings is 1. The van der Waals surface area contributed by atoms with Crippen LogP contribution in [0.4, 0.5) is 0 Å². The molecule has 1 heterocycles. The number of methoxy groups -OCH3 is 2. The third-order valence-electron chi connectivity index (χ3n) is 3.20. The van der Waals surface area contributed by atoms with Crippen LogP contribution in [0.2, 0.25) is 0 Å². The lowest BCUT2D eigenvalue weighted by atomic mass is 10.0. The van der Waals surface area contributed by atoms with Gasteiger partial charge >= 0.3 is 0 Å². The summed E-state index contributed by atoms with van der Waals surface area (Å²) < 4.78 is 11.8. The van der Waals surface area contributed by atoms with Gasteiger partial charge in [-0.2, -0.15) is 0 Å². The van der Waals surface area contributed by atoms with Crippen LogP contribution in [0.25, 0.3) is 0 Å². The summed E-state index contributed by atoms with van der Waals surface area (Å²) in [6, 6.07) is 8.42. The molecule has 3 nitrogen and oxygen atoms in total. The van der Waals surface area contributed by atoms with Gasteiger partial charge in [0.25, 0.3) is 0 Å². The van der Waals surface area contributed by atoms with Gasteiger partial charge in [0.15, 0.2) is 11.5 Å². The summed E-state index contributed by atoms with van der Waals surface area (Å²) in [6.45, 7) is 0. The fourth-order valence-corrected chi connectivity index (χ4v) is 3.88. The normalized spacial score (nSPS) is 12.2. The Kier molecular flexibility index (Phi) is 5.46. The molecule has 0 aliphatic carbocycles. The number of nitrogens with one attached hydrogen (secondary N) is 1. The van der Waals surface area contributed by atoms with E-state index in [-0.39, 0.29) is 6.04 Å². The van der Waals surface area contributed by atoms with Gasteiger partial charge in [-0.15, -0.1) is 11.3 Å². The van der Waals surface area contributed by atoms with Crippen molar-refractivity contribution < 1.29 is 9.47 Å². The predicted molar refractivity (Wildman–Crippen MR) is 87.1 cm³/mol. The van der Waals surface area contributed by atoms with Gasteiger partial charge in [-0.3, -0.25) is 0 Å². The largest absolute Gasteiger partial charge is 0.493 e. The van der Waals surface area contributed by atoms with Gasteiger partial charge in [-0.25, -0.2) is 0 Å². The highest BCUT2D eigenvalue weighted by atomic mass is 79.9. The SMILES string of the molecule is CNC(Cc1ccc(OC)c(OC)c1)c1sccc1Br. The van der Waals surface area contributed by atoms with E-state index >= 15 is 0 Å². The molecular weight excluding hydrogens is 338 g/mol. The zero-order valence-electron chi connectivity index (χ0n) is 11.8. The average Bonchev–Trinajstić information content (AvgIpc) is 2.90. The molecule has 2 aromatic rings. The molecule has 0 aliphatic heterocycles. The van der Waals surface area contributed by atoms with E-state index in [2.05, 4.69) is 38.8 Å². The zero-order chi connectivity index (χ0) is 14.5. The van der Waals surface area contributed by atoms with E-state index in [0.29, 0.717) is 0 Å². The molecule has 0 saturated heterocycles. The van der Waals surface area contributed by atoms with Gasteiger partial charge in [-0.1, -0.05) is 6.07 Å². The number of hydrogen-bond acceptors (Lipinski definition) is 4. The van der Waals surface area contributed by atoms with E-state index in [9.17, 15) is 0 Å². The van der Waals surface area contributed by atoms with Crippen LogP contribution < -0.4 is 14.8 Å². The van der Waals surface area contributed by atoms with Gasteiger partial charge < -0.3 is 14.8 Å². The minimum atomic E-state index is 0.280. The molecule has 1 aromatic heterocycles. The summed E-state index contributed by atoms with van der Waals surface area (Å²) in [6.07, 6.45) is 0.899. The minimum Gasteiger partial charge on any atom is -0.493 e. The van der Waals surface area contributed by atoms with Crippen LogP contribution in [-0.4, -0.2) is 21.3 Å². The van der Waals surface area contributed by atoms with Crippen molar-refractivity contribution in [3.63, 3.8) is 0 Å². The smallest absolute Gasteiger partial charge is 0.160 e. The fourth-order valence-electron chi connectivity index (χ4n) is 2.12.